The SMILES string of the molecule is Cc1cc(CNC(=O)c2ccccn2)c(C)c(-c2cnn(C)c2)c1N1CC[C@@](C#N)(C2CC2)C1=O. The monoisotopic (exact) mass is 468 g/mol. The zero-order valence-corrected chi connectivity index (χ0v) is 20.2. The molecule has 1 atom stereocenters. The third-order valence-corrected chi connectivity index (χ3v) is 7.29. The average Bonchev–Trinajstić information content (AvgIpc) is 3.55. The lowest BCUT2D eigenvalue weighted by Gasteiger charge is -2.27. The molecule has 8 nitrogen and oxygen atoms in total. The van der Waals surface area contributed by atoms with Crippen molar-refractivity contribution in [2.45, 2.75) is 39.7 Å². The number of hydrogen-bond donors (Lipinski definition) is 1. The van der Waals surface area contributed by atoms with Gasteiger partial charge in [-0.15, -0.1) is 0 Å². The number of amides is 2. The van der Waals surface area contributed by atoms with E-state index in [4.69, 9.17) is 0 Å². The smallest absolute Gasteiger partial charge is 0.270 e. The van der Waals surface area contributed by atoms with Gasteiger partial charge in [0.25, 0.3) is 5.91 Å². The van der Waals surface area contributed by atoms with Crippen LogP contribution in [0, 0.1) is 36.5 Å². The first kappa shape index (κ1) is 22.8. The Morgan fingerprint density at radius 2 is 2.11 bits per heavy atom. The number of hydrogen-bond acceptors (Lipinski definition) is 5. The summed E-state index contributed by atoms with van der Waals surface area (Å²) < 4.78 is 1.74. The van der Waals surface area contributed by atoms with Crippen LogP contribution in [0.3, 0.4) is 0 Å². The van der Waals surface area contributed by atoms with Crippen molar-refractivity contribution in [1.29, 1.82) is 5.26 Å². The molecule has 35 heavy (non-hydrogen) atoms. The lowest BCUT2D eigenvalue weighted by Crippen LogP contribution is -2.36. The Balaban J connectivity index is 1.54. The van der Waals surface area contributed by atoms with Gasteiger partial charge < -0.3 is 10.2 Å². The molecule has 1 saturated heterocycles. The van der Waals surface area contributed by atoms with Crippen LogP contribution in [0.2, 0.25) is 0 Å². The second-order valence-electron chi connectivity index (χ2n) is 9.57. The summed E-state index contributed by atoms with van der Waals surface area (Å²) in [6, 6.07) is 9.64. The summed E-state index contributed by atoms with van der Waals surface area (Å²) in [5.74, 6) is -0.173. The van der Waals surface area contributed by atoms with Gasteiger partial charge in [-0.2, -0.15) is 10.4 Å². The number of aryl methyl sites for hydroxylation is 2. The number of carbonyl (C=O) groups is 2. The molecule has 2 fully saturated rings. The molecule has 3 aromatic rings. The first-order valence-corrected chi connectivity index (χ1v) is 11.9. The van der Waals surface area contributed by atoms with Gasteiger partial charge in [0.05, 0.1) is 18.0 Å². The Morgan fingerprint density at radius 1 is 1.31 bits per heavy atom. The summed E-state index contributed by atoms with van der Waals surface area (Å²) in [7, 11) is 1.86. The van der Waals surface area contributed by atoms with E-state index < -0.39 is 5.41 Å². The molecule has 1 saturated carbocycles. The quantitative estimate of drug-likeness (QED) is 0.594. The predicted octanol–water partition coefficient (Wildman–Crippen LogP) is 3.69. The number of pyridine rings is 1. The summed E-state index contributed by atoms with van der Waals surface area (Å²) in [6.07, 6.45) is 7.75. The predicted molar refractivity (Wildman–Crippen MR) is 131 cm³/mol. The fraction of sp³-hybridized carbons (Fsp3) is 0.370. The number of aromatic nitrogens is 3. The summed E-state index contributed by atoms with van der Waals surface area (Å²) in [6.45, 7) is 4.84. The first-order chi connectivity index (χ1) is 16.9. The minimum absolute atomic E-state index is 0.0913. The lowest BCUT2D eigenvalue weighted by molar-refractivity contribution is -0.123. The molecule has 1 aliphatic carbocycles. The van der Waals surface area contributed by atoms with Crippen LogP contribution < -0.4 is 10.2 Å². The molecule has 178 valence electrons. The highest BCUT2D eigenvalue weighted by Gasteiger charge is 2.57. The van der Waals surface area contributed by atoms with Gasteiger partial charge in [-0.25, -0.2) is 0 Å². The number of rotatable bonds is 6. The zero-order valence-electron chi connectivity index (χ0n) is 20.2. The van der Waals surface area contributed by atoms with Crippen molar-refractivity contribution < 1.29 is 9.59 Å². The van der Waals surface area contributed by atoms with Gasteiger partial charge in [-0.05, 0) is 67.9 Å². The second-order valence-corrected chi connectivity index (χ2v) is 9.57. The molecule has 1 aromatic carbocycles. The molecule has 5 rings (SSSR count). The lowest BCUT2D eigenvalue weighted by atomic mass is 9.82. The van der Waals surface area contributed by atoms with E-state index in [0.717, 1.165) is 46.3 Å². The van der Waals surface area contributed by atoms with Crippen LogP contribution in [0.25, 0.3) is 11.1 Å². The molecule has 0 unspecified atom stereocenters. The third-order valence-electron chi connectivity index (χ3n) is 7.29. The van der Waals surface area contributed by atoms with Gasteiger partial charge in [-0.3, -0.25) is 19.3 Å². The summed E-state index contributed by atoms with van der Waals surface area (Å²) in [5.41, 5.74) is 4.94. The Bertz CT molecular complexity index is 1350. The van der Waals surface area contributed by atoms with E-state index >= 15 is 0 Å². The number of carbonyl (C=O) groups excluding carboxylic acids is 2. The van der Waals surface area contributed by atoms with Crippen molar-refractivity contribution in [2.24, 2.45) is 18.4 Å². The van der Waals surface area contributed by atoms with Gasteiger partial charge >= 0.3 is 0 Å². The van der Waals surface area contributed by atoms with Crippen LogP contribution in [0.15, 0.2) is 42.9 Å². The van der Waals surface area contributed by atoms with Crippen molar-refractivity contribution in [3.05, 3.63) is 65.2 Å². The fourth-order valence-corrected chi connectivity index (χ4v) is 5.27. The topological polar surface area (TPSA) is 104 Å². The van der Waals surface area contributed by atoms with Crippen molar-refractivity contribution in [3.8, 4) is 17.2 Å². The number of nitrogens with one attached hydrogen (secondary N) is 1. The van der Waals surface area contributed by atoms with Gasteiger partial charge in [0.15, 0.2) is 0 Å². The maximum Gasteiger partial charge on any atom is 0.270 e. The van der Waals surface area contributed by atoms with Gasteiger partial charge in [0.2, 0.25) is 5.91 Å². The summed E-state index contributed by atoms with van der Waals surface area (Å²) in [5, 5.41) is 17.3. The second kappa shape index (κ2) is 8.66. The normalized spacial score (nSPS) is 19.6. The van der Waals surface area contributed by atoms with Crippen molar-refractivity contribution in [1.82, 2.24) is 20.1 Å². The minimum Gasteiger partial charge on any atom is -0.347 e. The van der Waals surface area contributed by atoms with Crippen LogP contribution >= 0.6 is 0 Å². The van der Waals surface area contributed by atoms with Gasteiger partial charge in [0.1, 0.15) is 11.1 Å². The molecule has 8 heteroatoms. The number of benzene rings is 1. The van der Waals surface area contributed by atoms with Crippen LogP contribution in [-0.4, -0.2) is 33.1 Å². The molecule has 0 bridgehead atoms. The molecule has 3 heterocycles. The summed E-state index contributed by atoms with van der Waals surface area (Å²) >= 11 is 0. The maximum absolute atomic E-state index is 13.7. The Hall–Kier alpha value is -3.99. The van der Waals surface area contributed by atoms with Crippen molar-refractivity contribution >= 4 is 17.5 Å². The molecule has 2 aliphatic rings. The molecule has 0 spiro atoms. The van der Waals surface area contributed by atoms with E-state index in [2.05, 4.69) is 21.5 Å². The molecule has 2 aromatic heterocycles. The van der Waals surface area contributed by atoms with Crippen LogP contribution in [0.5, 0.6) is 0 Å². The fourth-order valence-electron chi connectivity index (χ4n) is 5.27. The molecule has 2 amide bonds. The zero-order chi connectivity index (χ0) is 24.7. The highest BCUT2D eigenvalue weighted by Crippen LogP contribution is 2.53. The van der Waals surface area contributed by atoms with E-state index in [1.54, 1.807) is 35.3 Å². The average molecular weight is 469 g/mol. The van der Waals surface area contributed by atoms with E-state index in [1.165, 1.54) is 0 Å². The van der Waals surface area contributed by atoms with Gasteiger partial charge in [0, 0.05) is 43.7 Å². The van der Waals surface area contributed by atoms with Crippen LogP contribution in [0.4, 0.5) is 5.69 Å². The molecule has 0 radical (unpaired) electrons. The summed E-state index contributed by atoms with van der Waals surface area (Å²) in [4.78, 5) is 32.2. The van der Waals surface area contributed by atoms with E-state index in [1.807, 2.05) is 38.1 Å². The molecule has 1 N–H and O–H groups in total. The van der Waals surface area contributed by atoms with E-state index in [-0.39, 0.29) is 17.7 Å². The Kier molecular flexibility index (Phi) is 5.64. The first-order valence-electron chi connectivity index (χ1n) is 11.9. The van der Waals surface area contributed by atoms with Crippen LogP contribution in [0.1, 0.15) is 46.4 Å². The molecule has 1 aliphatic heterocycles. The largest absolute Gasteiger partial charge is 0.347 e. The van der Waals surface area contributed by atoms with E-state index in [9.17, 15) is 14.9 Å². The minimum atomic E-state index is -0.915. The Morgan fingerprint density at radius 3 is 2.74 bits per heavy atom. The number of nitrogens with zero attached hydrogens (tertiary/aromatic N) is 5. The van der Waals surface area contributed by atoms with Crippen molar-refractivity contribution in [2.75, 3.05) is 11.4 Å². The third kappa shape index (κ3) is 3.87. The number of anilines is 1. The molecular weight excluding hydrogens is 440 g/mol. The number of nitriles is 1. The van der Waals surface area contributed by atoms with Crippen molar-refractivity contribution in [3.63, 3.8) is 0 Å². The highest BCUT2D eigenvalue weighted by molar-refractivity contribution is 6.06. The maximum atomic E-state index is 13.7. The molecular formula is C27H28N6O2. The van der Waals surface area contributed by atoms with Crippen LogP contribution in [-0.2, 0) is 18.4 Å². The Labute approximate surface area is 204 Å². The van der Waals surface area contributed by atoms with E-state index in [0.29, 0.717) is 25.2 Å². The highest BCUT2D eigenvalue weighted by atomic mass is 16.2. The van der Waals surface area contributed by atoms with Gasteiger partial charge in [-0.1, -0.05) is 12.1 Å². The standard InChI is InChI=1S/C27H28N6O2/c1-17-12-19(13-30-25(34)22-6-4-5-10-29-22)18(2)23(20-14-31-32(3)15-20)24(17)33-11-9-27(16-28,26(33)35)21-7-8-21/h4-6,10,12,14-15,21H,7-9,11,13H2,1-3H3,(H,30,34)/t27-/m1/s1.